The third kappa shape index (κ3) is 4.12. The van der Waals surface area contributed by atoms with E-state index >= 15 is 0 Å². The molecule has 130 valence electrons. The van der Waals surface area contributed by atoms with Gasteiger partial charge in [0.05, 0.1) is 25.0 Å². The average Bonchev–Trinajstić information content (AvgIpc) is 2.76. The van der Waals surface area contributed by atoms with Gasteiger partial charge in [0.2, 0.25) is 0 Å². The molecule has 1 aliphatic heterocycles. The maximum Gasteiger partial charge on any atom is 0.325 e. The Hall–Kier alpha value is 0.0600. The van der Waals surface area contributed by atoms with Crippen LogP contribution in [0.1, 0.15) is 47.0 Å². The summed E-state index contributed by atoms with van der Waals surface area (Å²) in [6.07, 6.45) is 2.72. The van der Waals surface area contributed by atoms with Gasteiger partial charge in [0.25, 0.3) is 0 Å². The van der Waals surface area contributed by atoms with E-state index in [0.29, 0.717) is 25.6 Å². The molecular formula is C16H29Br2NO3. The molecule has 4 nitrogen and oxygen atoms in total. The van der Waals surface area contributed by atoms with Crippen molar-refractivity contribution in [3.63, 3.8) is 0 Å². The van der Waals surface area contributed by atoms with E-state index in [-0.39, 0.29) is 28.7 Å². The number of hydrogen-bond donors (Lipinski definition) is 0. The van der Waals surface area contributed by atoms with E-state index in [9.17, 15) is 9.59 Å². The summed E-state index contributed by atoms with van der Waals surface area (Å²) >= 11 is 3.60. The number of esters is 1. The lowest BCUT2D eigenvalue weighted by atomic mass is 9.82. The van der Waals surface area contributed by atoms with Crippen molar-refractivity contribution in [2.24, 2.45) is 5.41 Å². The predicted octanol–water partition coefficient (Wildman–Crippen LogP) is -0.0671. The molecule has 2 unspecified atom stereocenters. The topological polar surface area (TPSA) is 43.4 Å². The molecule has 0 amide bonds. The molecule has 0 aromatic heterocycles. The molecule has 6 heteroatoms. The monoisotopic (exact) mass is 441 g/mol. The summed E-state index contributed by atoms with van der Waals surface area (Å²) in [7, 11) is 0. The molecule has 2 atom stereocenters. The highest BCUT2D eigenvalue weighted by Crippen LogP contribution is 2.43. The largest absolute Gasteiger partial charge is 1.00 e. The molecule has 1 fully saturated rings. The molecule has 0 spiro atoms. The van der Waals surface area contributed by atoms with Crippen LogP contribution in [-0.2, 0) is 14.3 Å². The van der Waals surface area contributed by atoms with Crippen molar-refractivity contribution in [3.8, 4) is 0 Å². The zero-order chi connectivity index (χ0) is 16.1. The number of halogens is 2. The Morgan fingerprint density at radius 2 is 1.77 bits per heavy atom. The van der Waals surface area contributed by atoms with Gasteiger partial charge in [-0.15, -0.1) is 0 Å². The van der Waals surface area contributed by atoms with E-state index in [2.05, 4.69) is 29.8 Å². The number of quaternary nitrogens is 1. The van der Waals surface area contributed by atoms with Crippen LogP contribution in [0.4, 0.5) is 0 Å². The van der Waals surface area contributed by atoms with E-state index < -0.39 is 5.41 Å². The van der Waals surface area contributed by atoms with Gasteiger partial charge in [-0.3, -0.25) is 9.59 Å². The second kappa shape index (κ2) is 9.38. The molecule has 1 rings (SSSR count). The van der Waals surface area contributed by atoms with Crippen molar-refractivity contribution in [1.82, 2.24) is 0 Å². The Labute approximate surface area is 153 Å². The second-order valence-electron chi connectivity index (χ2n) is 6.19. The zero-order valence-corrected chi connectivity index (χ0v) is 17.3. The lowest BCUT2D eigenvalue weighted by Gasteiger charge is -2.40. The van der Waals surface area contributed by atoms with Crippen molar-refractivity contribution in [2.45, 2.75) is 53.0 Å². The summed E-state index contributed by atoms with van der Waals surface area (Å²) in [5.41, 5.74) is -0.946. The van der Waals surface area contributed by atoms with Crippen molar-refractivity contribution >= 4 is 27.7 Å². The lowest BCUT2D eigenvalue weighted by molar-refractivity contribution is -0.938. The normalized spacial score (nSPS) is 26.3. The molecule has 1 saturated heterocycles. The number of ether oxygens (including phenoxy) is 1. The maximum atomic E-state index is 12.5. The number of nitrogens with zero attached hydrogens (tertiary/aromatic N) is 1. The highest BCUT2D eigenvalue weighted by molar-refractivity contribution is 9.09. The molecule has 0 saturated carbocycles. The first-order valence-electron chi connectivity index (χ1n) is 8.02. The molecule has 0 bridgehead atoms. The third-order valence-electron chi connectivity index (χ3n) is 4.80. The number of likely N-dealkylation sites (tertiary alicyclic amines) is 1. The van der Waals surface area contributed by atoms with Crippen LogP contribution in [0.3, 0.4) is 0 Å². The summed E-state index contributed by atoms with van der Waals surface area (Å²) in [5.74, 6) is -0.366. The van der Waals surface area contributed by atoms with E-state index in [4.69, 9.17) is 4.74 Å². The maximum absolute atomic E-state index is 12.5. The fourth-order valence-corrected chi connectivity index (χ4v) is 4.71. The molecule has 22 heavy (non-hydrogen) atoms. The lowest BCUT2D eigenvalue weighted by Crippen LogP contribution is -3.00. The first kappa shape index (κ1) is 22.1. The Balaban J connectivity index is 0.00000441. The van der Waals surface area contributed by atoms with Gasteiger partial charge >= 0.3 is 5.97 Å². The van der Waals surface area contributed by atoms with E-state index in [1.807, 2.05) is 0 Å². The average molecular weight is 443 g/mol. The van der Waals surface area contributed by atoms with Crippen LogP contribution < -0.4 is 17.0 Å². The Morgan fingerprint density at radius 1 is 1.23 bits per heavy atom. The standard InChI is InChI=1S/C16H29BrNO3.BrH/c1-5-8-18(9-6-2)12-16(13(4)19,10-14(18)11-17)15(20)21-7-3;/h14H,5-12H2,1-4H3;1H/q+1;/p-1. The van der Waals surface area contributed by atoms with Crippen LogP contribution >= 0.6 is 15.9 Å². The predicted molar refractivity (Wildman–Crippen MR) is 87.4 cm³/mol. The summed E-state index contributed by atoms with van der Waals surface area (Å²) < 4.78 is 6.11. The highest BCUT2D eigenvalue weighted by Gasteiger charge is 2.61. The number of rotatable bonds is 8. The number of alkyl halides is 1. The molecule has 1 aliphatic rings. The van der Waals surface area contributed by atoms with Crippen LogP contribution in [0, 0.1) is 5.41 Å². The van der Waals surface area contributed by atoms with E-state index in [1.165, 1.54) is 0 Å². The van der Waals surface area contributed by atoms with Crippen molar-refractivity contribution in [2.75, 3.05) is 31.6 Å². The van der Waals surface area contributed by atoms with Crippen LogP contribution in [0.2, 0.25) is 0 Å². The van der Waals surface area contributed by atoms with E-state index in [1.54, 1.807) is 13.8 Å². The molecule has 0 aliphatic carbocycles. The fraction of sp³-hybridized carbons (Fsp3) is 0.875. The molecular weight excluding hydrogens is 414 g/mol. The number of hydrogen-bond acceptors (Lipinski definition) is 3. The molecule has 0 aromatic carbocycles. The van der Waals surface area contributed by atoms with Crippen molar-refractivity contribution in [1.29, 1.82) is 0 Å². The van der Waals surface area contributed by atoms with Crippen molar-refractivity contribution in [3.05, 3.63) is 0 Å². The fourth-order valence-electron chi connectivity index (χ4n) is 3.87. The van der Waals surface area contributed by atoms with Gasteiger partial charge in [0.15, 0.2) is 11.2 Å². The minimum Gasteiger partial charge on any atom is -1.00 e. The van der Waals surface area contributed by atoms with Gasteiger partial charge in [0, 0.05) is 6.42 Å². The minimum atomic E-state index is -0.946. The summed E-state index contributed by atoms with van der Waals surface area (Å²) in [5, 5.41) is 0.821. The summed E-state index contributed by atoms with van der Waals surface area (Å²) in [6.45, 7) is 10.6. The number of ketones is 1. The minimum absolute atomic E-state index is 0. The van der Waals surface area contributed by atoms with Crippen LogP contribution in [-0.4, -0.2) is 53.8 Å². The highest BCUT2D eigenvalue weighted by atomic mass is 79.9. The Morgan fingerprint density at radius 3 is 2.14 bits per heavy atom. The van der Waals surface area contributed by atoms with Crippen LogP contribution in [0.25, 0.3) is 0 Å². The first-order chi connectivity index (χ1) is 9.92. The Kier molecular flexibility index (Phi) is 9.40. The van der Waals surface area contributed by atoms with Gasteiger partial charge < -0.3 is 26.2 Å². The first-order valence-corrected chi connectivity index (χ1v) is 9.14. The molecule has 0 N–H and O–H groups in total. The number of carbonyl (C=O) groups excluding carboxylic acids is 2. The zero-order valence-electron chi connectivity index (χ0n) is 14.2. The van der Waals surface area contributed by atoms with Gasteiger partial charge in [-0.2, -0.15) is 0 Å². The number of Topliss-reactive ketones (excluding diaryl/α,β-unsaturated/α-hetero) is 1. The van der Waals surface area contributed by atoms with Gasteiger partial charge in [-0.25, -0.2) is 0 Å². The molecule has 0 radical (unpaired) electrons. The summed E-state index contributed by atoms with van der Waals surface area (Å²) in [4.78, 5) is 24.8. The Bertz CT molecular complexity index is 384. The quantitative estimate of drug-likeness (QED) is 0.229. The SMILES string of the molecule is CCC[N+]1(CCC)CC(C(C)=O)(C(=O)OCC)CC1CBr.[Br-]. The van der Waals surface area contributed by atoms with Gasteiger partial charge in [-0.05, 0) is 26.7 Å². The second-order valence-corrected chi connectivity index (χ2v) is 6.84. The third-order valence-corrected chi connectivity index (χ3v) is 5.55. The number of carbonyl (C=O) groups is 2. The smallest absolute Gasteiger partial charge is 0.325 e. The van der Waals surface area contributed by atoms with E-state index in [0.717, 1.165) is 35.7 Å². The van der Waals surface area contributed by atoms with Crippen LogP contribution in [0.15, 0.2) is 0 Å². The van der Waals surface area contributed by atoms with Crippen molar-refractivity contribution < 1.29 is 35.8 Å². The van der Waals surface area contributed by atoms with Crippen LogP contribution in [0.5, 0.6) is 0 Å². The molecule has 1 heterocycles. The molecule has 0 aromatic rings. The van der Waals surface area contributed by atoms with Gasteiger partial charge in [0.1, 0.15) is 12.6 Å². The van der Waals surface area contributed by atoms with Gasteiger partial charge in [-0.1, -0.05) is 29.8 Å². The summed E-state index contributed by atoms with van der Waals surface area (Å²) in [6, 6.07) is 0.304.